The number of nitrogens with zero attached hydrogens (tertiary/aromatic N) is 2. The number of nitro groups is 1. The van der Waals surface area contributed by atoms with Crippen molar-refractivity contribution < 1.29 is 26.5 Å². The number of aromatic amines is 1. The number of hydrogen-bond donors (Lipinski definition) is 1. The van der Waals surface area contributed by atoms with Crippen molar-refractivity contribution in [1.82, 2.24) is 4.98 Å². The van der Waals surface area contributed by atoms with Crippen LogP contribution in [0.15, 0.2) is 65.4 Å². The smallest absolute Gasteiger partial charge is 0.269 e. The molecule has 0 fully saturated rings. The Hall–Kier alpha value is -2.25. The van der Waals surface area contributed by atoms with Crippen LogP contribution in [0.5, 0.6) is 0 Å². The van der Waals surface area contributed by atoms with Crippen LogP contribution >= 0.6 is 15.9 Å². The highest BCUT2D eigenvalue weighted by Gasteiger charge is 2.11. The summed E-state index contributed by atoms with van der Waals surface area (Å²) in [6.45, 7) is 0.660. The summed E-state index contributed by atoms with van der Waals surface area (Å²) in [6.07, 6.45) is 4.09. The lowest BCUT2D eigenvalue weighted by Crippen LogP contribution is -3.00. The van der Waals surface area contributed by atoms with E-state index in [0.717, 1.165) is 21.1 Å². The Kier molecular flexibility index (Phi) is 4.87. The molecule has 1 N–H and O–H groups in total. The Morgan fingerprint density at radius 2 is 1.80 bits per heavy atom. The number of hydrogen-bond acceptors (Lipinski definition) is 2. The Bertz CT molecular complexity index is 1080. The minimum atomic E-state index is -0.383. The number of nitrogens with one attached hydrogen (secondary N) is 1. The van der Waals surface area contributed by atoms with E-state index in [1.165, 1.54) is 22.9 Å². The standard InChI is InChI=1S/C18H12BrN3O2.BrH/c19-13-3-6-17-16(9-13)15-7-8-21(11-18(15)20-17)10-12-1-4-14(5-2-12)22(23)24;/h1-9,11H,10H2;1H. The van der Waals surface area contributed by atoms with E-state index in [2.05, 4.69) is 49.9 Å². The molecule has 2 aromatic carbocycles. The predicted molar refractivity (Wildman–Crippen MR) is 95.9 cm³/mol. The van der Waals surface area contributed by atoms with Gasteiger partial charge in [0.25, 0.3) is 5.69 Å². The zero-order valence-electron chi connectivity index (χ0n) is 12.9. The highest BCUT2D eigenvalue weighted by Crippen LogP contribution is 2.27. The zero-order chi connectivity index (χ0) is 16.7. The fourth-order valence-electron chi connectivity index (χ4n) is 2.90. The largest absolute Gasteiger partial charge is 1.00 e. The molecular formula is C18H13Br2N3O2. The molecule has 0 saturated heterocycles. The Morgan fingerprint density at radius 3 is 2.52 bits per heavy atom. The number of benzene rings is 2. The third-order valence-electron chi connectivity index (χ3n) is 4.07. The van der Waals surface area contributed by atoms with Gasteiger partial charge in [0.15, 0.2) is 18.9 Å². The van der Waals surface area contributed by atoms with Crippen molar-refractivity contribution in [3.63, 3.8) is 0 Å². The normalized spacial score (nSPS) is 10.8. The highest BCUT2D eigenvalue weighted by atomic mass is 79.9. The van der Waals surface area contributed by atoms with Gasteiger partial charge in [-0.1, -0.05) is 15.9 Å². The van der Waals surface area contributed by atoms with Crippen LogP contribution in [-0.4, -0.2) is 9.91 Å². The van der Waals surface area contributed by atoms with Gasteiger partial charge in [0.05, 0.1) is 4.92 Å². The fourth-order valence-corrected chi connectivity index (χ4v) is 3.26. The van der Waals surface area contributed by atoms with Gasteiger partial charge in [0.2, 0.25) is 0 Å². The summed E-state index contributed by atoms with van der Waals surface area (Å²) < 4.78 is 3.12. The van der Waals surface area contributed by atoms with Crippen LogP contribution in [0.2, 0.25) is 0 Å². The van der Waals surface area contributed by atoms with Gasteiger partial charge >= 0.3 is 0 Å². The number of nitro benzene ring substituents is 1. The molecule has 4 aromatic rings. The average Bonchev–Trinajstić information content (AvgIpc) is 2.92. The van der Waals surface area contributed by atoms with Crippen LogP contribution in [0.25, 0.3) is 21.8 Å². The molecule has 0 bridgehead atoms. The van der Waals surface area contributed by atoms with E-state index in [1.54, 1.807) is 12.1 Å². The van der Waals surface area contributed by atoms with Crippen LogP contribution in [-0.2, 0) is 6.54 Å². The van der Waals surface area contributed by atoms with Gasteiger partial charge in [-0.3, -0.25) is 10.1 Å². The van der Waals surface area contributed by atoms with Crippen molar-refractivity contribution in [2.24, 2.45) is 0 Å². The SMILES string of the molecule is O=[N+]([O-])c1ccc(C[n+]2ccc3c(c2)[nH]c2ccc(Br)cc23)cc1.[Br-]. The van der Waals surface area contributed by atoms with E-state index in [4.69, 9.17) is 0 Å². The number of pyridine rings is 1. The fraction of sp³-hybridized carbons (Fsp3) is 0.0556. The van der Waals surface area contributed by atoms with Crippen LogP contribution in [0.1, 0.15) is 5.56 Å². The lowest BCUT2D eigenvalue weighted by Gasteiger charge is -1.98. The maximum atomic E-state index is 10.7. The summed E-state index contributed by atoms with van der Waals surface area (Å²) in [4.78, 5) is 13.8. The molecule has 0 atom stereocenters. The lowest BCUT2D eigenvalue weighted by molar-refractivity contribution is -0.687. The second kappa shape index (κ2) is 6.93. The summed E-state index contributed by atoms with van der Waals surface area (Å²) in [5.74, 6) is 0. The van der Waals surface area contributed by atoms with Gasteiger partial charge in [0, 0.05) is 44.5 Å². The summed E-state index contributed by atoms with van der Waals surface area (Å²) in [7, 11) is 0. The minimum absolute atomic E-state index is 0. The van der Waals surface area contributed by atoms with Crippen molar-refractivity contribution in [2.75, 3.05) is 0 Å². The summed E-state index contributed by atoms with van der Waals surface area (Å²) in [6, 6.07) is 14.9. The van der Waals surface area contributed by atoms with E-state index in [1.807, 2.05) is 12.3 Å². The molecule has 5 nitrogen and oxygen atoms in total. The molecule has 0 unspecified atom stereocenters. The van der Waals surface area contributed by atoms with Crippen LogP contribution in [0.3, 0.4) is 0 Å². The first kappa shape index (κ1) is 17.6. The van der Waals surface area contributed by atoms with Crippen LogP contribution < -0.4 is 21.5 Å². The molecule has 126 valence electrons. The quantitative estimate of drug-likeness (QED) is 0.283. The maximum absolute atomic E-state index is 10.7. The van der Waals surface area contributed by atoms with E-state index < -0.39 is 0 Å². The molecule has 2 heterocycles. The molecule has 0 aliphatic rings. The highest BCUT2D eigenvalue weighted by molar-refractivity contribution is 9.10. The minimum Gasteiger partial charge on any atom is -1.00 e. The van der Waals surface area contributed by atoms with Crippen LogP contribution in [0.4, 0.5) is 5.69 Å². The Balaban J connectivity index is 0.00000182. The number of non-ortho nitro benzene ring substituents is 1. The molecule has 0 aliphatic heterocycles. The van der Waals surface area contributed by atoms with E-state index >= 15 is 0 Å². The number of fused-ring (bicyclic) bond motifs is 3. The maximum Gasteiger partial charge on any atom is 0.269 e. The van der Waals surface area contributed by atoms with Crippen molar-refractivity contribution in [2.45, 2.75) is 6.54 Å². The van der Waals surface area contributed by atoms with Gasteiger partial charge < -0.3 is 22.0 Å². The Morgan fingerprint density at radius 1 is 1.04 bits per heavy atom. The van der Waals surface area contributed by atoms with Gasteiger partial charge in [-0.15, -0.1) is 0 Å². The van der Waals surface area contributed by atoms with Crippen molar-refractivity contribution in [1.29, 1.82) is 0 Å². The molecule has 2 aromatic heterocycles. The predicted octanol–water partition coefficient (Wildman–Crippen LogP) is 1.33. The second-order valence-corrected chi connectivity index (χ2v) is 6.60. The summed E-state index contributed by atoms with van der Waals surface area (Å²) >= 11 is 3.51. The van der Waals surface area contributed by atoms with Gasteiger partial charge in [-0.05, 0) is 30.3 Å². The third kappa shape index (κ3) is 3.43. The molecule has 7 heteroatoms. The summed E-state index contributed by atoms with van der Waals surface area (Å²) in [5.41, 5.74) is 3.29. The first-order chi connectivity index (χ1) is 11.6. The van der Waals surface area contributed by atoms with Gasteiger partial charge in [-0.25, -0.2) is 0 Å². The third-order valence-corrected chi connectivity index (χ3v) is 4.56. The first-order valence-electron chi connectivity index (χ1n) is 7.43. The monoisotopic (exact) mass is 461 g/mol. The molecule has 4 rings (SSSR count). The van der Waals surface area contributed by atoms with E-state index in [9.17, 15) is 10.1 Å². The molecule has 0 saturated carbocycles. The number of H-pyrrole nitrogens is 1. The molecule has 0 aliphatic carbocycles. The number of aromatic nitrogens is 2. The second-order valence-electron chi connectivity index (χ2n) is 5.68. The zero-order valence-corrected chi connectivity index (χ0v) is 16.1. The Labute approximate surface area is 162 Å². The van der Waals surface area contributed by atoms with Crippen molar-refractivity contribution >= 4 is 43.4 Å². The van der Waals surface area contributed by atoms with E-state index in [-0.39, 0.29) is 27.6 Å². The van der Waals surface area contributed by atoms with Gasteiger partial charge in [0.1, 0.15) is 5.52 Å². The number of halogens is 2. The molecule has 0 amide bonds. The van der Waals surface area contributed by atoms with E-state index in [0.29, 0.717) is 6.54 Å². The van der Waals surface area contributed by atoms with Crippen LogP contribution in [0, 0.1) is 10.1 Å². The molecule has 0 spiro atoms. The molecule has 0 radical (unpaired) electrons. The summed E-state index contributed by atoms with van der Waals surface area (Å²) in [5, 5.41) is 13.1. The topological polar surface area (TPSA) is 62.8 Å². The molecular weight excluding hydrogens is 450 g/mol. The molecule has 25 heavy (non-hydrogen) atoms. The average molecular weight is 463 g/mol. The number of rotatable bonds is 3. The van der Waals surface area contributed by atoms with Crippen molar-refractivity contribution in [3.05, 3.63) is 81.1 Å². The van der Waals surface area contributed by atoms with Gasteiger partial charge in [-0.2, -0.15) is 4.57 Å². The first-order valence-corrected chi connectivity index (χ1v) is 8.23. The van der Waals surface area contributed by atoms with Crippen molar-refractivity contribution in [3.8, 4) is 0 Å². The lowest BCUT2D eigenvalue weighted by atomic mass is 10.2.